The Kier molecular flexibility index (Phi) is 5.47. The van der Waals surface area contributed by atoms with Crippen LogP contribution in [0, 0.1) is 15.3 Å². The van der Waals surface area contributed by atoms with Crippen LogP contribution in [0.4, 0.5) is 11.4 Å². The fraction of sp³-hybridized carbons (Fsp3) is 0.294. The van der Waals surface area contributed by atoms with Gasteiger partial charge in [-0.05, 0) is 24.0 Å². The van der Waals surface area contributed by atoms with Crippen LogP contribution in [-0.2, 0) is 23.1 Å². The van der Waals surface area contributed by atoms with Gasteiger partial charge in [-0.3, -0.25) is 10.1 Å². The number of fused-ring (bicyclic) bond motifs is 1. The zero-order chi connectivity index (χ0) is 21.4. The van der Waals surface area contributed by atoms with E-state index in [2.05, 4.69) is 10.1 Å². The van der Waals surface area contributed by atoms with Crippen molar-refractivity contribution in [2.75, 3.05) is 21.3 Å². The van der Waals surface area contributed by atoms with Gasteiger partial charge in [0, 0.05) is 29.8 Å². The second kappa shape index (κ2) is 7.57. The molecule has 29 heavy (non-hydrogen) atoms. The summed E-state index contributed by atoms with van der Waals surface area (Å²) in [5.74, 6) is 0.472. The van der Waals surface area contributed by atoms with Crippen LogP contribution < -0.4 is 24.4 Å². The summed E-state index contributed by atoms with van der Waals surface area (Å²) in [5.41, 5.74) is 0.195. The molecule has 11 nitrogen and oxygen atoms in total. The summed E-state index contributed by atoms with van der Waals surface area (Å²) in [6.45, 7) is -0.0988. The minimum Gasteiger partial charge on any atom is -0.605 e. The molecular formula is C17H20N4O7S. The van der Waals surface area contributed by atoms with Crippen molar-refractivity contribution in [3.63, 3.8) is 0 Å². The number of sulfonamides is 1. The van der Waals surface area contributed by atoms with E-state index in [1.54, 1.807) is 7.05 Å². The van der Waals surface area contributed by atoms with Crippen LogP contribution in [0.1, 0.15) is 11.1 Å². The zero-order valence-corrected chi connectivity index (χ0v) is 16.8. The highest BCUT2D eigenvalue weighted by atomic mass is 32.2. The Hall–Kier alpha value is -2.77. The maximum atomic E-state index is 13.4. The molecule has 0 saturated heterocycles. The smallest absolute Gasteiger partial charge is 0.283 e. The molecule has 3 rings (SSSR count). The number of nitro groups is 1. The number of hydroxylamine groups is 1. The van der Waals surface area contributed by atoms with Crippen LogP contribution >= 0.6 is 0 Å². The van der Waals surface area contributed by atoms with Crippen LogP contribution in [0.2, 0.25) is 0 Å². The van der Waals surface area contributed by atoms with Gasteiger partial charge in [0.2, 0.25) is 0 Å². The van der Waals surface area contributed by atoms with Gasteiger partial charge >= 0.3 is 0 Å². The van der Waals surface area contributed by atoms with Crippen molar-refractivity contribution < 1.29 is 22.8 Å². The van der Waals surface area contributed by atoms with Crippen LogP contribution in [0.15, 0.2) is 35.2 Å². The van der Waals surface area contributed by atoms with E-state index in [4.69, 9.17) is 9.47 Å². The van der Waals surface area contributed by atoms with Crippen molar-refractivity contribution >= 4 is 21.4 Å². The first-order valence-corrected chi connectivity index (χ1v) is 9.94. The second-order valence-corrected chi connectivity index (χ2v) is 8.04. The van der Waals surface area contributed by atoms with Crippen LogP contribution in [0.25, 0.3) is 0 Å². The number of nitro benzene ring substituents is 1. The first-order valence-electron chi connectivity index (χ1n) is 8.45. The lowest BCUT2D eigenvalue weighted by molar-refractivity contribution is -0.385. The Bertz CT molecular complexity index is 1070. The van der Waals surface area contributed by atoms with Crippen molar-refractivity contribution in [2.24, 2.45) is 0 Å². The van der Waals surface area contributed by atoms with Crippen molar-refractivity contribution in [1.29, 1.82) is 0 Å². The number of hydrogen-bond donors (Lipinski definition) is 2. The molecular weight excluding hydrogens is 404 g/mol. The Labute approximate surface area is 167 Å². The number of quaternary nitrogens is 1. The molecule has 0 aromatic heterocycles. The predicted molar refractivity (Wildman–Crippen MR) is 105 cm³/mol. The van der Waals surface area contributed by atoms with Gasteiger partial charge in [0.05, 0.1) is 30.1 Å². The van der Waals surface area contributed by atoms with Crippen LogP contribution in [0.5, 0.6) is 11.5 Å². The molecule has 0 spiro atoms. The standard InChI is InChI=1S/C17H20N4O7S/c1-18-9-11-4-5-13(7-14(11)20(22)23)21(24)10-12-6-15(27-2)16(28-3)8-17(12)29(25,26)19-21/h4-8,18-19H,9-10H2,1-3H3. The minimum absolute atomic E-state index is 0.110. The highest BCUT2D eigenvalue weighted by Gasteiger charge is 2.39. The molecule has 12 heteroatoms. The number of benzene rings is 2. The van der Waals surface area contributed by atoms with E-state index in [1.165, 1.54) is 38.5 Å². The van der Waals surface area contributed by atoms with Gasteiger partial charge in [-0.1, -0.05) is 0 Å². The van der Waals surface area contributed by atoms with E-state index in [9.17, 15) is 23.7 Å². The maximum absolute atomic E-state index is 13.4. The Morgan fingerprint density at radius 2 is 1.86 bits per heavy atom. The largest absolute Gasteiger partial charge is 0.605 e. The third-order valence-corrected chi connectivity index (χ3v) is 6.06. The highest BCUT2D eigenvalue weighted by Crippen LogP contribution is 2.39. The van der Waals surface area contributed by atoms with E-state index in [0.717, 1.165) is 6.07 Å². The van der Waals surface area contributed by atoms with Crippen molar-refractivity contribution in [3.05, 3.63) is 56.8 Å². The average Bonchev–Trinajstić information content (AvgIpc) is 2.66. The lowest BCUT2D eigenvalue weighted by Crippen LogP contribution is -2.59. The molecule has 0 bridgehead atoms. The van der Waals surface area contributed by atoms with Gasteiger partial charge in [0.1, 0.15) is 6.54 Å². The van der Waals surface area contributed by atoms with E-state index in [1.807, 2.05) is 0 Å². The maximum Gasteiger partial charge on any atom is 0.283 e. The summed E-state index contributed by atoms with van der Waals surface area (Å²) in [5, 5.41) is 27.7. The molecule has 0 radical (unpaired) electrons. The SMILES string of the molecule is CNCc1ccc([N+]2([O-])Cc3cc(OC)c(OC)cc3S(=O)(=O)N2)cc1[N+](=O)[O-]. The molecule has 1 heterocycles. The summed E-state index contributed by atoms with van der Waals surface area (Å²) in [6, 6.07) is 6.59. The summed E-state index contributed by atoms with van der Waals surface area (Å²) in [4.78, 5) is 12.8. The lowest BCUT2D eigenvalue weighted by Gasteiger charge is -2.43. The molecule has 1 aliphatic heterocycles. The van der Waals surface area contributed by atoms with Gasteiger partial charge in [-0.25, -0.2) is 13.2 Å². The average molecular weight is 424 g/mol. The molecule has 156 valence electrons. The third kappa shape index (κ3) is 3.75. The number of nitrogens with one attached hydrogen (secondary N) is 2. The first kappa shape index (κ1) is 21.0. The predicted octanol–water partition coefficient (Wildman–Crippen LogP) is 1.54. The molecule has 2 aromatic carbocycles. The normalized spacial score (nSPS) is 20.0. The molecule has 1 unspecified atom stereocenters. The minimum atomic E-state index is -4.22. The summed E-state index contributed by atoms with van der Waals surface area (Å²) in [6.07, 6.45) is 0. The van der Waals surface area contributed by atoms with Gasteiger partial charge in [0.25, 0.3) is 15.7 Å². The van der Waals surface area contributed by atoms with Crippen LogP contribution in [-0.4, -0.2) is 34.6 Å². The molecule has 0 aliphatic carbocycles. The van der Waals surface area contributed by atoms with E-state index < -0.39 is 19.7 Å². The van der Waals surface area contributed by atoms with Gasteiger partial charge in [-0.2, -0.15) is 0 Å². The van der Waals surface area contributed by atoms with E-state index >= 15 is 0 Å². The Morgan fingerprint density at radius 3 is 2.45 bits per heavy atom. The summed E-state index contributed by atoms with van der Waals surface area (Å²) >= 11 is 0. The van der Waals surface area contributed by atoms with Crippen LogP contribution in [0.3, 0.4) is 0 Å². The van der Waals surface area contributed by atoms with Crippen molar-refractivity contribution in [1.82, 2.24) is 14.9 Å². The van der Waals surface area contributed by atoms with Gasteiger partial charge in [-0.15, -0.1) is 0 Å². The third-order valence-electron chi connectivity index (χ3n) is 4.57. The quantitative estimate of drug-likeness (QED) is 0.308. The molecule has 2 N–H and O–H groups in total. The zero-order valence-electron chi connectivity index (χ0n) is 16.0. The number of ether oxygens (including phenoxy) is 2. The Balaban J connectivity index is 2.13. The fourth-order valence-corrected chi connectivity index (χ4v) is 4.61. The van der Waals surface area contributed by atoms with E-state index in [-0.39, 0.29) is 46.4 Å². The lowest BCUT2D eigenvalue weighted by atomic mass is 10.1. The fourth-order valence-electron chi connectivity index (χ4n) is 3.22. The molecule has 1 atom stereocenters. The van der Waals surface area contributed by atoms with Crippen molar-refractivity contribution in [3.8, 4) is 11.5 Å². The monoisotopic (exact) mass is 424 g/mol. The number of methoxy groups -OCH3 is 2. The number of rotatable bonds is 6. The summed E-state index contributed by atoms with van der Waals surface area (Å²) < 4.78 is 34.3. The van der Waals surface area contributed by atoms with Crippen molar-refractivity contribution in [2.45, 2.75) is 18.0 Å². The number of hydrogen-bond acceptors (Lipinski definition) is 8. The van der Waals surface area contributed by atoms with Gasteiger partial charge < -0.3 is 20.0 Å². The van der Waals surface area contributed by atoms with E-state index in [0.29, 0.717) is 5.56 Å². The molecule has 2 aromatic rings. The highest BCUT2D eigenvalue weighted by molar-refractivity contribution is 7.89. The van der Waals surface area contributed by atoms with Gasteiger partial charge in [0.15, 0.2) is 17.2 Å². The molecule has 0 fully saturated rings. The topological polar surface area (TPSA) is 143 Å². The summed E-state index contributed by atoms with van der Waals surface area (Å²) in [7, 11) is 0.179. The molecule has 1 aliphatic rings. The molecule has 0 amide bonds. The second-order valence-electron chi connectivity index (χ2n) is 6.41. The number of nitrogens with zero attached hydrogens (tertiary/aromatic N) is 2. The first-order chi connectivity index (χ1) is 13.6. The Morgan fingerprint density at radius 1 is 1.21 bits per heavy atom. The molecule has 0 saturated carbocycles.